The lowest BCUT2D eigenvalue weighted by atomic mass is 9.79. The summed E-state index contributed by atoms with van der Waals surface area (Å²) >= 11 is 0. The lowest BCUT2D eigenvalue weighted by Gasteiger charge is -2.42. The van der Waals surface area contributed by atoms with E-state index in [1.807, 2.05) is 6.92 Å². The van der Waals surface area contributed by atoms with E-state index in [0.29, 0.717) is 29.7 Å². The number of rotatable bonds is 1. The Balaban J connectivity index is 2.11. The highest BCUT2D eigenvalue weighted by Gasteiger charge is 2.55. The zero-order valence-electron chi connectivity index (χ0n) is 12.8. The first-order chi connectivity index (χ1) is 9.72. The largest absolute Gasteiger partial charge is 0.478 e. The number of ether oxygens (including phenoxy) is 2. The fourth-order valence-corrected chi connectivity index (χ4v) is 3.56. The zero-order valence-corrected chi connectivity index (χ0v) is 12.8. The summed E-state index contributed by atoms with van der Waals surface area (Å²) in [7, 11) is 0. The van der Waals surface area contributed by atoms with E-state index < -0.39 is 17.7 Å². The SMILES string of the molecule is CC1=C2O[C@H](C)C(=O)O[C@@]2(C)C2=C(C[C@](C)(CO)C2)C1=O. The summed E-state index contributed by atoms with van der Waals surface area (Å²) in [5.41, 5.74) is 0.558. The maximum atomic E-state index is 12.6. The monoisotopic (exact) mass is 292 g/mol. The number of carbonyl (C=O) groups is 2. The van der Waals surface area contributed by atoms with E-state index in [0.717, 1.165) is 5.57 Å². The van der Waals surface area contributed by atoms with Gasteiger partial charge in [0.1, 0.15) is 0 Å². The molecule has 0 radical (unpaired) electrons. The minimum atomic E-state index is -1.01. The molecule has 1 saturated heterocycles. The van der Waals surface area contributed by atoms with Gasteiger partial charge in [0.05, 0.1) is 0 Å². The number of carbonyl (C=O) groups excluding carboxylic acids is 2. The minimum absolute atomic E-state index is 0.0110. The molecule has 0 unspecified atom stereocenters. The molecule has 0 saturated carbocycles. The van der Waals surface area contributed by atoms with E-state index in [-0.39, 0.29) is 17.8 Å². The van der Waals surface area contributed by atoms with E-state index in [1.165, 1.54) is 0 Å². The molecule has 0 bridgehead atoms. The Bertz CT molecular complexity index is 614. The standard InChI is InChI=1S/C16H20O5/c1-8-12(18)10-5-15(3,7-17)6-11(10)16(4)13(8)20-9(2)14(19)21-16/h9,17H,5-7H2,1-4H3/t9-,15+,16+/m1/s1. The van der Waals surface area contributed by atoms with Crippen LogP contribution in [0.2, 0.25) is 0 Å². The number of allylic oxidation sites excluding steroid dienone is 2. The molecule has 0 amide bonds. The van der Waals surface area contributed by atoms with Crippen molar-refractivity contribution in [2.45, 2.75) is 52.2 Å². The number of ketones is 1. The van der Waals surface area contributed by atoms with Crippen molar-refractivity contribution >= 4 is 11.8 Å². The molecule has 0 aromatic heterocycles. The molecular formula is C16H20O5. The third kappa shape index (κ3) is 1.80. The predicted octanol–water partition coefficient (Wildman–Crippen LogP) is 1.65. The number of hydrogen-bond acceptors (Lipinski definition) is 5. The van der Waals surface area contributed by atoms with E-state index in [2.05, 4.69) is 0 Å². The number of aliphatic hydroxyl groups is 1. The van der Waals surface area contributed by atoms with Gasteiger partial charge in [-0.3, -0.25) is 4.79 Å². The topological polar surface area (TPSA) is 72.8 Å². The number of Topliss-reactive ketones (excluding diaryl/α,β-unsaturated/α-hetero) is 1. The minimum Gasteiger partial charge on any atom is -0.478 e. The number of esters is 1. The summed E-state index contributed by atoms with van der Waals surface area (Å²) in [6, 6.07) is 0. The van der Waals surface area contributed by atoms with E-state index in [9.17, 15) is 14.7 Å². The van der Waals surface area contributed by atoms with Crippen molar-refractivity contribution in [1.29, 1.82) is 0 Å². The molecule has 114 valence electrons. The molecule has 21 heavy (non-hydrogen) atoms. The van der Waals surface area contributed by atoms with Gasteiger partial charge < -0.3 is 14.6 Å². The van der Waals surface area contributed by atoms with Gasteiger partial charge >= 0.3 is 5.97 Å². The van der Waals surface area contributed by atoms with Crippen LogP contribution >= 0.6 is 0 Å². The Morgan fingerprint density at radius 2 is 1.95 bits per heavy atom. The molecule has 0 aromatic carbocycles. The summed E-state index contributed by atoms with van der Waals surface area (Å²) < 4.78 is 11.3. The Labute approximate surface area is 123 Å². The molecule has 5 heteroatoms. The second-order valence-electron chi connectivity index (χ2n) is 6.78. The van der Waals surface area contributed by atoms with Gasteiger partial charge in [0.15, 0.2) is 23.2 Å². The third-order valence-corrected chi connectivity index (χ3v) is 4.85. The second kappa shape index (κ2) is 4.19. The van der Waals surface area contributed by atoms with Gasteiger partial charge in [0.2, 0.25) is 0 Å². The van der Waals surface area contributed by atoms with Crippen LogP contribution in [0.25, 0.3) is 0 Å². The Morgan fingerprint density at radius 1 is 1.29 bits per heavy atom. The zero-order chi connectivity index (χ0) is 15.6. The average Bonchev–Trinajstić information content (AvgIpc) is 2.80. The second-order valence-corrected chi connectivity index (χ2v) is 6.78. The smallest absolute Gasteiger partial charge is 0.348 e. The van der Waals surface area contributed by atoms with Crippen LogP contribution in [0.4, 0.5) is 0 Å². The van der Waals surface area contributed by atoms with Crippen molar-refractivity contribution in [2.75, 3.05) is 6.61 Å². The van der Waals surface area contributed by atoms with Crippen LogP contribution in [0, 0.1) is 5.41 Å². The van der Waals surface area contributed by atoms with Crippen LogP contribution < -0.4 is 0 Å². The van der Waals surface area contributed by atoms with Crippen molar-refractivity contribution in [3.63, 3.8) is 0 Å². The van der Waals surface area contributed by atoms with Crippen LogP contribution in [0.1, 0.15) is 40.5 Å². The highest BCUT2D eigenvalue weighted by molar-refractivity contribution is 6.11. The maximum absolute atomic E-state index is 12.6. The number of hydrogen-bond donors (Lipinski definition) is 1. The summed E-state index contributed by atoms with van der Waals surface area (Å²) in [4.78, 5) is 24.5. The van der Waals surface area contributed by atoms with Gasteiger partial charge in [-0.1, -0.05) is 6.92 Å². The van der Waals surface area contributed by atoms with Gasteiger partial charge in [-0.15, -0.1) is 0 Å². The molecular weight excluding hydrogens is 272 g/mol. The van der Waals surface area contributed by atoms with Crippen molar-refractivity contribution in [1.82, 2.24) is 0 Å². The van der Waals surface area contributed by atoms with Crippen molar-refractivity contribution in [3.8, 4) is 0 Å². The summed E-state index contributed by atoms with van der Waals surface area (Å²) in [6.45, 7) is 7.03. The molecule has 3 atom stereocenters. The molecule has 0 spiro atoms. The van der Waals surface area contributed by atoms with Gasteiger partial charge in [-0.25, -0.2) is 4.79 Å². The fourth-order valence-electron chi connectivity index (χ4n) is 3.56. The Kier molecular flexibility index (Phi) is 2.86. The molecule has 1 heterocycles. The van der Waals surface area contributed by atoms with Crippen LogP contribution in [0.3, 0.4) is 0 Å². The number of aliphatic hydroxyl groups excluding tert-OH is 1. The quantitative estimate of drug-likeness (QED) is 0.744. The lowest BCUT2D eigenvalue weighted by molar-refractivity contribution is -0.180. The van der Waals surface area contributed by atoms with Gasteiger partial charge in [0.25, 0.3) is 0 Å². The Morgan fingerprint density at radius 3 is 2.57 bits per heavy atom. The molecule has 3 rings (SSSR count). The molecule has 2 aliphatic carbocycles. The first-order valence-electron chi connectivity index (χ1n) is 7.21. The summed E-state index contributed by atoms with van der Waals surface area (Å²) in [5.74, 6) is -0.0341. The van der Waals surface area contributed by atoms with Crippen molar-refractivity contribution in [3.05, 3.63) is 22.5 Å². The van der Waals surface area contributed by atoms with Crippen molar-refractivity contribution < 1.29 is 24.2 Å². The fraction of sp³-hybridized carbons (Fsp3) is 0.625. The van der Waals surface area contributed by atoms with Gasteiger partial charge in [-0.2, -0.15) is 0 Å². The van der Waals surface area contributed by atoms with E-state index in [4.69, 9.17) is 9.47 Å². The molecule has 5 nitrogen and oxygen atoms in total. The summed E-state index contributed by atoms with van der Waals surface area (Å²) in [6.07, 6.45) is 0.331. The molecule has 0 aromatic rings. The normalized spacial score (nSPS) is 39.0. The van der Waals surface area contributed by atoms with Crippen LogP contribution in [-0.2, 0) is 19.1 Å². The molecule has 1 N–H and O–H groups in total. The highest BCUT2D eigenvalue weighted by atomic mass is 16.6. The third-order valence-electron chi connectivity index (χ3n) is 4.85. The Hall–Kier alpha value is -1.62. The molecule has 3 aliphatic rings. The van der Waals surface area contributed by atoms with Gasteiger partial charge in [-0.05, 0) is 44.6 Å². The summed E-state index contributed by atoms with van der Waals surface area (Å²) in [5, 5.41) is 9.61. The first kappa shape index (κ1) is 14.3. The highest BCUT2D eigenvalue weighted by Crippen LogP contribution is 2.53. The van der Waals surface area contributed by atoms with E-state index >= 15 is 0 Å². The lowest BCUT2D eigenvalue weighted by Crippen LogP contribution is -2.49. The first-order valence-corrected chi connectivity index (χ1v) is 7.21. The average molecular weight is 292 g/mol. The maximum Gasteiger partial charge on any atom is 0.348 e. The van der Waals surface area contributed by atoms with E-state index in [1.54, 1.807) is 20.8 Å². The molecule has 1 fully saturated rings. The van der Waals surface area contributed by atoms with Crippen LogP contribution in [0.5, 0.6) is 0 Å². The van der Waals surface area contributed by atoms with Crippen LogP contribution in [0.15, 0.2) is 22.5 Å². The van der Waals surface area contributed by atoms with Gasteiger partial charge in [0, 0.05) is 17.8 Å². The number of fused-ring (bicyclic) bond motifs is 2. The molecule has 1 aliphatic heterocycles. The van der Waals surface area contributed by atoms with Crippen molar-refractivity contribution in [2.24, 2.45) is 5.41 Å². The predicted molar refractivity (Wildman–Crippen MR) is 74.2 cm³/mol. The van der Waals surface area contributed by atoms with Crippen LogP contribution in [-0.4, -0.2) is 35.2 Å².